The number of anilines is 1. The van der Waals surface area contributed by atoms with Crippen molar-refractivity contribution in [3.8, 4) is 22.8 Å². The van der Waals surface area contributed by atoms with Gasteiger partial charge in [-0.2, -0.15) is 0 Å². The van der Waals surface area contributed by atoms with Crippen LogP contribution in [0, 0.1) is 0 Å². The molecule has 0 aliphatic carbocycles. The highest BCUT2D eigenvalue weighted by atomic mass is 35.5. The van der Waals surface area contributed by atoms with Crippen molar-refractivity contribution < 1.29 is 17.9 Å². The summed E-state index contributed by atoms with van der Waals surface area (Å²) >= 11 is 13.6. The summed E-state index contributed by atoms with van der Waals surface area (Å²) in [6.07, 6.45) is 0.997. The number of halogens is 2. The van der Waals surface area contributed by atoms with Crippen LogP contribution in [0.15, 0.2) is 46.7 Å². The Kier molecular flexibility index (Phi) is 6.86. The highest BCUT2D eigenvalue weighted by molar-refractivity contribution is 7.92. The van der Waals surface area contributed by atoms with Gasteiger partial charge in [0, 0.05) is 29.1 Å². The third kappa shape index (κ3) is 4.55. The zero-order valence-corrected chi connectivity index (χ0v) is 20.7. The highest BCUT2D eigenvalue weighted by Gasteiger charge is 2.33. The molecule has 170 valence electrons. The van der Waals surface area contributed by atoms with E-state index in [2.05, 4.69) is 4.90 Å². The predicted octanol–water partition coefficient (Wildman–Crippen LogP) is 5.58. The fourth-order valence-electron chi connectivity index (χ4n) is 3.79. The average Bonchev–Trinajstić information content (AvgIpc) is 3.28. The third-order valence-electron chi connectivity index (χ3n) is 5.53. The van der Waals surface area contributed by atoms with Gasteiger partial charge in [0.05, 0.1) is 35.1 Å². The van der Waals surface area contributed by atoms with Gasteiger partial charge in [-0.3, -0.25) is 0 Å². The van der Waals surface area contributed by atoms with Crippen LogP contribution >= 0.6 is 34.5 Å². The molecule has 1 saturated heterocycles. The van der Waals surface area contributed by atoms with Crippen molar-refractivity contribution in [1.82, 2.24) is 4.98 Å². The second-order valence-corrected chi connectivity index (χ2v) is 11.3. The molecule has 3 aromatic rings. The van der Waals surface area contributed by atoms with E-state index in [0.717, 1.165) is 22.1 Å². The van der Waals surface area contributed by atoms with E-state index in [4.69, 9.17) is 37.7 Å². The van der Waals surface area contributed by atoms with Crippen LogP contribution in [0.1, 0.15) is 12.8 Å². The van der Waals surface area contributed by atoms with Gasteiger partial charge in [-0.05, 0) is 49.2 Å². The number of ether oxygens (including phenoxy) is 2. The molecule has 6 nitrogen and oxygen atoms in total. The molecule has 2 aromatic carbocycles. The Hall–Kier alpha value is -2.00. The minimum Gasteiger partial charge on any atom is -0.497 e. The maximum absolute atomic E-state index is 13.1. The summed E-state index contributed by atoms with van der Waals surface area (Å²) in [5.74, 6) is 1.44. The Morgan fingerprint density at radius 1 is 1.06 bits per heavy atom. The maximum Gasteiger partial charge on any atom is 0.185 e. The standard InChI is InChI=1S/C22H22Cl2N2O4S2/c1-29-15-4-5-20(30-2)17(12-15)19-13-31-22(25-19)26-9-7-16(8-10-26)32(27,28)21-6-3-14(23)11-18(21)24/h3-6,11-13,16H,7-10H2,1-2H3. The van der Waals surface area contributed by atoms with Gasteiger partial charge >= 0.3 is 0 Å². The van der Waals surface area contributed by atoms with Crippen LogP contribution in [0.2, 0.25) is 10.0 Å². The zero-order valence-electron chi connectivity index (χ0n) is 17.5. The van der Waals surface area contributed by atoms with Crippen LogP contribution in [0.25, 0.3) is 11.3 Å². The lowest BCUT2D eigenvalue weighted by molar-refractivity contribution is 0.404. The molecule has 1 aromatic heterocycles. The van der Waals surface area contributed by atoms with Gasteiger partial charge in [-0.1, -0.05) is 23.2 Å². The maximum atomic E-state index is 13.1. The number of benzene rings is 2. The van der Waals surface area contributed by atoms with Crippen molar-refractivity contribution in [3.63, 3.8) is 0 Å². The number of hydrogen-bond acceptors (Lipinski definition) is 7. The number of piperidine rings is 1. The number of methoxy groups -OCH3 is 2. The molecule has 0 unspecified atom stereocenters. The molecule has 0 radical (unpaired) electrons. The normalized spacial score (nSPS) is 15.1. The Balaban J connectivity index is 1.50. The molecule has 2 heterocycles. The molecule has 1 aliphatic heterocycles. The van der Waals surface area contributed by atoms with E-state index in [1.165, 1.54) is 23.5 Å². The Morgan fingerprint density at radius 3 is 2.47 bits per heavy atom. The summed E-state index contributed by atoms with van der Waals surface area (Å²) in [6, 6.07) is 10.1. The van der Waals surface area contributed by atoms with Crippen molar-refractivity contribution >= 4 is 49.5 Å². The van der Waals surface area contributed by atoms with Gasteiger partial charge < -0.3 is 14.4 Å². The fraction of sp³-hybridized carbons (Fsp3) is 0.318. The lowest BCUT2D eigenvalue weighted by Crippen LogP contribution is -2.39. The van der Waals surface area contributed by atoms with E-state index >= 15 is 0 Å². The summed E-state index contributed by atoms with van der Waals surface area (Å²) in [7, 11) is -0.294. The van der Waals surface area contributed by atoms with Gasteiger partial charge in [0.1, 0.15) is 11.5 Å². The fourth-order valence-corrected chi connectivity index (χ4v) is 7.18. The number of nitrogens with zero attached hydrogens (tertiary/aromatic N) is 2. The second kappa shape index (κ2) is 9.47. The largest absolute Gasteiger partial charge is 0.497 e. The van der Waals surface area contributed by atoms with Crippen LogP contribution in [0.3, 0.4) is 0 Å². The van der Waals surface area contributed by atoms with E-state index in [1.54, 1.807) is 20.3 Å². The molecule has 1 fully saturated rings. The number of hydrogen-bond donors (Lipinski definition) is 0. The van der Waals surface area contributed by atoms with E-state index in [9.17, 15) is 8.42 Å². The van der Waals surface area contributed by atoms with E-state index in [-0.39, 0.29) is 9.92 Å². The topological polar surface area (TPSA) is 68.7 Å². The van der Waals surface area contributed by atoms with Gasteiger partial charge in [0.25, 0.3) is 0 Å². The summed E-state index contributed by atoms with van der Waals surface area (Å²) < 4.78 is 37.0. The molecule has 10 heteroatoms. The van der Waals surface area contributed by atoms with E-state index < -0.39 is 15.1 Å². The van der Waals surface area contributed by atoms with Crippen molar-refractivity contribution in [2.24, 2.45) is 0 Å². The van der Waals surface area contributed by atoms with Gasteiger partial charge in [0.2, 0.25) is 0 Å². The Bertz CT molecular complexity index is 1220. The molecule has 0 N–H and O–H groups in total. The van der Waals surface area contributed by atoms with Gasteiger partial charge in [-0.15, -0.1) is 11.3 Å². The number of sulfone groups is 1. The Labute approximate surface area is 201 Å². The van der Waals surface area contributed by atoms with E-state index in [1.807, 2.05) is 23.6 Å². The second-order valence-electron chi connectivity index (χ2n) is 7.39. The van der Waals surface area contributed by atoms with Crippen molar-refractivity contribution in [2.75, 3.05) is 32.2 Å². The van der Waals surface area contributed by atoms with Crippen LogP contribution in [0.5, 0.6) is 11.5 Å². The molecule has 1 aliphatic rings. The first-order chi connectivity index (χ1) is 15.3. The van der Waals surface area contributed by atoms with Crippen LogP contribution in [-0.4, -0.2) is 46.0 Å². The molecule has 4 rings (SSSR count). The van der Waals surface area contributed by atoms with Crippen molar-refractivity contribution in [3.05, 3.63) is 51.8 Å². The van der Waals surface area contributed by atoms with E-state index in [0.29, 0.717) is 36.7 Å². The molecule has 0 amide bonds. The first kappa shape index (κ1) is 23.2. The lowest BCUT2D eigenvalue weighted by atomic mass is 10.1. The first-order valence-electron chi connectivity index (χ1n) is 9.95. The molecular formula is C22H22Cl2N2O4S2. The summed E-state index contributed by atoms with van der Waals surface area (Å²) in [5.41, 5.74) is 1.65. The molecule has 0 saturated carbocycles. The summed E-state index contributed by atoms with van der Waals surface area (Å²) in [6.45, 7) is 1.19. The van der Waals surface area contributed by atoms with Gasteiger partial charge in [-0.25, -0.2) is 13.4 Å². The third-order valence-corrected chi connectivity index (χ3v) is 9.41. The quantitative estimate of drug-likeness (QED) is 0.429. The Morgan fingerprint density at radius 2 is 1.81 bits per heavy atom. The molecule has 0 atom stereocenters. The molecule has 0 bridgehead atoms. The average molecular weight is 513 g/mol. The number of aromatic nitrogens is 1. The van der Waals surface area contributed by atoms with Crippen LogP contribution < -0.4 is 14.4 Å². The highest BCUT2D eigenvalue weighted by Crippen LogP contribution is 2.37. The zero-order chi connectivity index (χ0) is 22.9. The monoisotopic (exact) mass is 512 g/mol. The molecule has 32 heavy (non-hydrogen) atoms. The van der Waals surface area contributed by atoms with Gasteiger partial charge in [0.15, 0.2) is 15.0 Å². The molecular weight excluding hydrogens is 491 g/mol. The summed E-state index contributed by atoms with van der Waals surface area (Å²) in [5, 5.41) is 2.91. The summed E-state index contributed by atoms with van der Waals surface area (Å²) in [4.78, 5) is 7.04. The minimum atomic E-state index is -3.53. The SMILES string of the molecule is COc1ccc(OC)c(-c2csc(N3CCC(S(=O)(=O)c4ccc(Cl)cc4Cl)CC3)n2)c1. The van der Waals surface area contributed by atoms with Crippen LogP contribution in [0.4, 0.5) is 5.13 Å². The van der Waals surface area contributed by atoms with Crippen LogP contribution in [-0.2, 0) is 9.84 Å². The van der Waals surface area contributed by atoms with Crippen molar-refractivity contribution in [2.45, 2.75) is 23.0 Å². The number of rotatable bonds is 6. The predicted molar refractivity (Wildman–Crippen MR) is 130 cm³/mol. The molecule has 0 spiro atoms. The van der Waals surface area contributed by atoms with Crippen molar-refractivity contribution in [1.29, 1.82) is 0 Å². The smallest absolute Gasteiger partial charge is 0.185 e. The number of thiazole rings is 1. The minimum absolute atomic E-state index is 0.142. The first-order valence-corrected chi connectivity index (χ1v) is 13.1. The lowest BCUT2D eigenvalue weighted by Gasteiger charge is -2.31.